The minimum absolute atomic E-state index is 0.0729. The highest BCUT2D eigenvalue weighted by Crippen LogP contribution is 2.24. The number of nitrogens with two attached hydrogens (primary N) is 1. The Labute approximate surface area is 126 Å². The quantitative estimate of drug-likeness (QED) is 0.826. The Hall–Kier alpha value is -1.83. The molecule has 1 aliphatic carbocycles. The van der Waals surface area contributed by atoms with E-state index in [1.807, 2.05) is 32.0 Å². The lowest BCUT2D eigenvalue weighted by Crippen LogP contribution is -2.47. The maximum absolute atomic E-state index is 12.4. The van der Waals surface area contributed by atoms with Gasteiger partial charge in [-0.2, -0.15) is 0 Å². The Morgan fingerprint density at radius 2 is 2.24 bits per heavy atom. The molecule has 0 spiro atoms. The number of aryl methyl sites for hydroxylation is 1. The molecule has 0 atom stereocenters. The molecule has 0 unspecified atom stereocenters. The van der Waals surface area contributed by atoms with Crippen LogP contribution in [0.25, 0.3) is 0 Å². The second-order valence-electron chi connectivity index (χ2n) is 5.27. The van der Waals surface area contributed by atoms with E-state index >= 15 is 0 Å². The van der Waals surface area contributed by atoms with Gasteiger partial charge in [0.05, 0.1) is 18.2 Å². The second-order valence-corrected chi connectivity index (χ2v) is 5.27. The third-order valence-electron chi connectivity index (χ3n) is 3.58. The van der Waals surface area contributed by atoms with Gasteiger partial charge < -0.3 is 15.8 Å². The number of nitrogens with one attached hydrogen (secondary N) is 1. The van der Waals surface area contributed by atoms with Crippen molar-refractivity contribution in [1.29, 1.82) is 0 Å². The Balaban J connectivity index is 2.02. The number of carbonyl (C=O) groups is 1. The van der Waals surface area contributed by atoms with E-state index in [9.17, 15) is 4.79 Å². The van der Waals surface area contributed by atoms with E-state index in [1.54, 1.807) is 0 Å². The summed E-state index contributed by atoms with van der Waals surface area (Å²) in [5.41, 5.74) is 7.83. The summed E-state index contributed by atoms with van der Waals surface area (Å²) in [6, 6.07) is 5.86. The van der Waals surface area contributed by atoms with E-state index in [0.717, 1.165) is 30.6 Å². The standard InChI is InChI=1S/C17H22N2O2/c1-3-21-15-10-14(11-15)19-17(20)16-7-6-12(2)9-13(16)5-4-8-18/h6-7,9,14-15H,3,8,10-11,18H2,1-2H3,(H,19,20). The number of hydrogen-bond donors (Lipinski definition) is 2. The number of carbonyl (C=O) groups excluding carboxylic acids is 1. The Morgan fingerprint density at radius 1 is 1.48 bits per heavy atom. The van der Waals surface area contributed by atoms with Crippen LogP contribution >= 0.6 is 0 Å². The van der Waals surface area contributed by atoms with Gasteiger partial charge in [0, 0.05) is 18.2 Å². The minimum Gasteiger partial charge on any atom is -0.378 e. The SMILES string of the molecule is CCOC1CC(NC(=O)c2ccc(C)cc2C#CCN)C1. The molecule has 1 amide bonds. The zero-order valence-electron chi connectivity index (χ0n) is 12.6. The molecule has 3 N–H and O–H groups in total. The first-order valence-corrected chi connectivity index (χ1v) is 7.36. The molecule has 0 saturated heterocycles. The molecule has 1 aromatic carbocycles. The molecule has 1 saturated carbocycles. The van der Waals surface area contributed by atoms with Gasteiger partial charge in [-0.25, -0.2) is 0 Å². The highest BCUT2D eigenvalue weighted by Gasteiger charge is 2.31. The average molecular weight is 286 g/mol. The van der Waals surface area contributed by atoms with Crippen molar-refractivity contribution in [1.82, 2.24) is 5.32 Å². The fraction of sp³-hybridized carbons (Fsp3) is 0.471. The maximum Gasteiger partial charge on any atom is 0.252 e. The summed E-state index contributed by atoms with van der Waals surface area (Å²) in [6.07, 6.45) is 2.06. The van der Waals surface area contributed by atoms with E-state index in [2.05, 4.69) is 17.2 Å². The van der Waals surface area contributed by atoms with Crippen molar-refractivity contribution >= 4 is 5.91 Å². The Kier molecular flexibility index (Phi) is 5.38. The average Bonchev–Trinajstić information content (AvgIpc) is 2.42. The van der Waals surface area contributed by atoms with E-state index in [1.165, 1.54) is 0 Å². The molecule has 2 rings (SSSR count). The predicted molar refractivity (Wildman–Crippen MR) is 83.0 cm³/mol. The fourth-order valence-electron chi connectivity index (χ4n) is 2.42. The largest absolute Gasteiger partial charge is 0.378 e. The molecule has 4 heteroatoms. The Morgan fingerprint density at radius 3 is 2.90 bits per heavy atom. The second kappa shape index (κ2) is 7.26. The van der Waals surface area contributed by atoms with Gasteiger partial charge in [0.1, 0.15) is 0 Å². The van der Waals surface area contributed by atoms with Gasteiger partial charge in [-0.3, -0.25) is 4.79 Å². The molecule has 112 valence electrons. The van der Waals surface area contributed by atoms with Crippen molar-refractivity contribution in [2.75, 3.05) is 13.2 Å². The summed E-state index contributed by atoms with van der Waals surface area (Å²) in [5.74, 6) is 5.71. The maximum atomic E-state index is 12.4. The van der Waals surface area contributed by atoms with Crippen molar-refractivity contribution in [3.8, 4) is 11.8 Å². The lowest BCUT2D eigenvalue weighted by molar-refractivity contribution is -0.00862. The molecule has 1 aromatic rings. The molecule has 1 fully saturated rings. The number of ether oxygens (including phenoxy) is 1. The zero-order valence-corrected chi connectivity index (χ0v) is 12.6. The van der Waals surface area contributed by atoms with E-state index < -0.39 is 0 Å². The van der Waals surface area contributed by atoms with Crippen LogP contribution in [0.5, 0.6) is 0 Å². The number of amides is 1. The molecule has 4 nitrogen and oxygen atoms in total. The van der Waals surface area contributed by atoms with Crippen LogP contribution in [0.1, 0.15) is 41.3 Å². The fourth-order valence-corrected chi connectivity index (χ4v) is 2.42. The van der Waals surface area contributed by atoms with Crippen LogP contribution in [0.3, 0.4) is 0 Å². The molecular weight excluding hydrogens is 264 g/mol. The number of benzene rings is 1. The van der Waals surface area contributed by atoms with Crippen LogP contribution in [-0.2, 0) is 4.74 Å². The molecule has 21 heavy (non-hydrogen) atoms. The monoisotopic (exact) mass is 286 g/mol. The van der Waals surface area contributed by atoms with Crippen molar-refractivity contribution in [2.24, 2.45) is 5.73 Å². The van der Waals surface area contributed by atoms with E-state index in [0.29, 0.717) is 5.56 Å². The smallest absolute Gasteiger partial charge is 0.252 e. The number of rotatable bonds is 4. The van der Waals surface area contributed by atoms with Gasteiger partial charge in [0.15, 0.2) is 0 Å². The third-order valence-corrected chi connectivity index (χ3v) is 3.58. The Bertz CT molecular complexity index is 566. The first-order chi connectivity index (χ1) is 10.1. The normalized spacial score (nSPS) is 20.1. The van der Waals surface area contributed by atoms with Crippen LogP contribution in [0.15, 0.2) is 18.2 Å². The van der Waals surface area contributed by atoms with Gasteiger partial charge in [0.2, 0.25) is 0 Å². The van der Waals surface area contributed by atoms with Crippen LogP contribution < -0.4 is 11.1 Å². The summed E-state index contributed by atoms with van der Waals surface area (Å²) >= 11 is 0. The van der Waals surface area contributed by atoms with E-state index in [4.69, 9.17) is 10.5 Å². The summed E-state index contributed by atoms with van der Waals surface area (Å²) in [7, 11) is 0. The first kappa shape index (κ1) is 15.6. The lowest BCUT2D eigenvalue weighted by atomic mass is 9.89. The molecule has 0 aromatic heterocycles. The third kappa shape index (κ3) is 4.07. The van der Waals surface area contributed by atoms with Gasteiger partial charge >= 0.3 is 0 Å². The molecule has 0 aliphatic heterocycles. The molecule has 0 radical (unpaired) electrons. The van der Waals surface area contributed by atoms with Crippen LogP contribution in [-0.4, -0.2) is 31.2 Å². The van der Waals surface area contributed by atoms with Gasteiger partial charge in [0.25, 0.3) is 5.91 Å². The van der Waals surface area contributed by atoms with E-state index in [-0.39, 0.29) is 24.6 Å². The summed E-state index contributed by atoms with van der Waals surface area (Å²) in [4.78, 5) is 12.4. The van der Waals surface area contributed by atoms with Crippen molar-refractivity contribution in [3.63, 3.8) is 0 Å². The molecule has 1 aliphatic rings. The van der Waals surface area contributed by atoms with Crippen molar-refractivity contribution < 1.29 is 9.53 Å². The summed E-state index contributed by atoms with van der Waals surface area (Å²) in [6.45, 7) is 4.98. The molecule has 0 heterocycles. The molecule has 0 bridgehead atoms. The van der Waals surface area contributed by atoms with Gasteiger partial charge in [-0.05, 0) is 44.4 Å². The topological polar surface area (TPSA) is 64.3 Å². The summed E-state index contributed by atoms with van der Waals surface area (Å²) < 4.78 is 5.50. The highest BCUT2D eigenvalue weighted by molar-refractivity contribution is 5.97. The van der Waals surface area contributed by atoms with Gasteiger partial charge in [-0.1, -0.05) is 17.9 Å². The van der Waals surface area contributed by atoms with Crippen molar-refractivity contribution in [2.45, 2.75) is 38.8 Å². The molecular formula is C17H22N2O2. The minimum atomic E-state index is -0.0729. The number of hydrogen-bond acceptors (Lipinski definition) is 3. The van der Waals surface area contributed by atoms with Crippen LogP contribution in [0, 0.1) is 18.8 Å². The predicted octanol–water partition coefficient (Wildman–Crippen LogP) is 1.60. The van der Waals surface area contributed by atoms with Crippen LogP contribution in [0.4, 0.5) is 0 Å². The summed E-state index contributed by atoms with van der Waals surface area (Å²) in [5, 5.41) is 3.04. The van der Waals surface area contributed by atoms with Crippen LogP contribution in [0.2, 0.25) is 0 Å². The first-order valence-electron chi connectivity index (χ1n) is 7.36. The van der Waals surface area contributed by atoms with Crippen molar-refractivity contribution in [3.05, 3.63) is 34.9 Å². The zero-order chi connectivity index (χ0) is 15.2. The highest BCUT2D eigenvalue weighted by atomic mass is 16.5. The van der Waals surface area contributed by atoms with Gasteiger partial charge in [-0.15, -0.1) is 0 Å². The lowest BCUT2D eigenvalue weighted by Gasteiger charge is -2.35.